The summed E-state index contributed by atoms with van der Waals surface area (Å²) in [5, 5.41) is 13.8. The summed E-state index contributed by atoms with van der Waals surface area (Å²) in [7, 11) is 0. The van der Waals surface area contributed by atoms with E-state index in [0.717, 1.165) is 44.2 Å². The van der Waals surface area contributed by atoms with Gasteiger partial charge in [0.2, 0.25) is 0 Å². The predicted molar refractivity (Wildman–Crippen MR) is 91.1 cm³/mol. The van der Waals surface area contributed by atoms with Crippen LogP contribution >= 0.6 is 12.4 Å². The molecular formula is C17H29ClN2O. The van der Waals surface area contributed by atoms with Gasteiger partial charge in [-0.2, -0.15) is 0 Å². The van der Waals surface area contributed by atoms with E-state index in [1.807, 2.05) is 12.1 Å². The van der Waals surface area contributed by atoms with Gasteiger partial charge < -0.3 is 15.3 Å². The molecular weight excluding hydrogens is 284 g/mol. The molecule has 1 fully saturated rings. The van der Waals surface area contributed by atoms with E-state index in [-0.39, 0.29) is 18.5 Å². The Hall–Kier alpha value is -0.610. The summed E-state index contributed by atoms with van der Waals surface area (Å²) in [6.45, 7) is 9.40. The SMILES string of the molecule is CCN(CC1CCNCC1)CC(O)c1ccc(C)cc1.Cl. The molecule has 2 rings (SSSR count). The minimum absolute atomic E-state index is 0. The first-order valence-electron chi connectivity index (χ1n) is 7.86. The fourth-order valence-electron chi connectivity index (χ4n) is 2.90. The predicted octanol–water partition coefficient (Wildman–Crippen LogP) is 2.77. The lowest BCUT2D eigenvalue weighted by atomic mass is 9.97. The molecule has 1 saturated heterocycles. The number of benzene rings is 1. The van der Waals surface area contributed by atoms with Crippen molar-refractivity contribution in [3.05, 3.63) is 35.4 Å². The minimum Gasteiger partial charge on any atom is -0.387 e. The zero-order chi connectivity index (χ0) is 14.4. The molecule has 21 heavy (non-hydrogen) atoms. The molecule has 0 amide bonds. The van der Waals surface area contributed by atoms with Crippen LogP contribution in [0.2, 0.25) is 0 Å². The number of piperidine rings is 1. The fourth-order valence-corrected chi connectivity index (χ4v) is 2.90. The first-order valence-corrected chi connectivity index (χ1v) is 7.86. The van der Waals surface area contributed by atoms with Gasteiger partial charge in [0.05, 0.1) is 6.10 Å². The van der Waals surface area contributed by atoms with Gasteiger partial charge in [0.25, 0.3) is 0 Å². The molecule has 0 radical (unpaired) electrons. The molecule has 3 nitrogen and oxygen atoms in total. The number of aryl methyl sites for hydroxylation is 1. The molecule has 0 aromatic heterocycles. The third kappa shape index (κ3) is 5.95. The van der Waals surface area contributed by atoms with Crippen molar-refractivity contribution in [2.24, 2.45) is 5.92 Å². The van der Waals surface area contributed by atoms with Crippen molar-refractivity contribution in [3.8, 4) is 0 Å². The third-order valence-corrected chi connectivity index (χ3v) is 4.32. The van der Waals surface area contributed by atoms with Gasteiger partial charge in [-0.1, -0.05) is 36.8 Å². The van der Waals surface area contributed by atoms with Gasteiger partial charge in [0.1, 0.15) is 0 Å². The number of aliphatic hydroxyl groups is 1. The molecule has 0 saturated carbocycles. The normalized spacial score (nSPS) is 17.5. The van der Waals surface area contributed by atoms with Crippen LogP contribution in [0.25, 0.3) is 0 Å². The van der Waals surface area contributed by atoms with Gasteiger partial charge in [-0.3, -0.25) is 0 Å². The van der Waals surface area contributed by atoms with Crippen LogP contribution in [0, 0.1) is 12.8 Å². The maximum absolute atomic E-state index is 10.4. The summed E-state index contributed by atoms with van der Waals surface area (Å²) in [4.78, 5) is 2.39. The highest BCUT2D eigenvalue weighted by Gasteiger charge is 2.18. The lowest BCUT2D eigenvalue weighted by Gasteiger charge is -2.30. The Bertz CT molecular complexity index is 390. The van der Waals surface area contributed by atoms with Crippen molar-refractivity contribution in [1.29, 1.82) is 0 Å². The molecule has 1 unspecified atom stereocenters. The van der Waals surface area contributed by atoms with Crippen molar-refractivity contribution >= 4 is 12.4 Å². The number of hydrogen-bond acceptors (Lipinski definition) is 3. The molecule has 4 heteroatoms. The van der Waals surface area contributed by atoms with Crippen molar-refractivity contribution in [2.75, 3.05) is 32.7 Å². The summed E-state index contributed by atoms with van der Waals surface area (Å²) in [6, 6.07) is 8.22. The van der Waals surface area contributed by atoms with Crippen LogP contribution in [0.5, 0.6) is 0 Å². The Morgan fingerprint density at radius 2 is 1.86 bits per heavy atom. The molecule has 0 bridgehead atoms. The zero-order valence-corrected chi connectivity index (χ0v) is 14.0. The number of halogens is 1. The summed E-state index contributed by atoms with van der Waals surface area (Å²) in [5.74, 6) is 0.779. The van der Waals surface area contributed by atoms with Crippen LogP contribution in [-0.2, 0) is 0 Å². The van der Waals surface area contributed by atoms with E-state index >= 15 is 0 Å². The van der Waals surface area contributed by atoms with Gasteiger partial charge >= 0.3 is 0 Å². The molecule has 2 N–H and O–H groups in total. The summed E-state index contributed by atoms with van der Waals surface area (Å²) >= 11 is 0. The standard InChI is InChI=1S/C17H28N2O.ClH/c1-3-19(12-15-8-10-18-11-9-15)13-17(20)16-6-4-14(2)5-7-16;/h4-7,15,17-18,20H,3,8-13H2,1-2H3;1H. The van der Waals surface area contributed by atoms with Gasteiger partial charge in [-0.05, 0) is 50.9 Å². The highest BCUT2D eigenvalue weighted by Crippen LogP contribution is 2.18. The largest absolute Gasteiger partial charge is 0.387 e. The van der Waals surface area contributed by atoms with E-state index in [9.17, 15) is 5.11 Å². The Morgan fingerprint density at radius 1 is 1.24 bits per heavy atom. The topological polar surface area (TPSA) is 35.5 Å². The lowest BCUT2D eigenvalue weighted by molar-refractivity contribution is 0.102. The second-order valence-corrected chi connectivity index (χ2v) is 5.97. The second-order valence-electron chi connectivity index (χ2n) is 5.97. The molecule has 1 aliphatic rings. The smallest absolute Gasteiger partial charge is 0.0916 e. The van der Waals surface area contributed by atoms with E-state index in [1.165, 1.54) is 18.4 Å². The lowest BCUT2D eigenvalue weighted by Crippen LogP contribution is -2.37. The van der Waals surface area contributed by atoms with Gasteiger partial charge in [0, 0.05) is 13.1 Å². The van der Waals surface area contributed by atoms with Crippen LogP contribution in [0.1, 0.15) is 37.0 Å². The second kappa shape index (κ2) is 9.42. The molecule has 1 atom stereocenters. The molecule has 1 heterocycles. The number of nitrogens with zero attached hydrogens (tertiary/aromatic N) is 1. The first kappa shape index (κ1) is 18.4. The van der Waals surface area contributed by atoms with E-state index in [0.29, 0.717) is 0 Å². The van der Waals surface area contributed by atoms with Crippen LogP contribution in [0.4, 0.5) is 0 Å². The molecule has 1 aromatic carbocycles. The van der Waals surface area contributed by atoms with E-state index in [2.05, 4.69) is 36.2 Å². The summed E-state index contributed by atoms with van der Waals surface area (Å²) < 4.78 is 0. The highest BCUT2D eigenvalue weighted by molar-refractivity contribution is 5.85. The zero-order valence-electron chi connectivity index (χ0n) is 13.2. The van der Waals surface area contributed by atoms with Crippen LogP contribution in [-0.4, -0.2) is 42.7 Å². The molecule has 0 aliphatic carbocycles. The Balaban J connectivity index is 0.00000220. The van der Waals surface area contributed by atoms with E-state index in [1.54, 1.807) is 0 Å². The highest BCUT2D eigenvalue weighted by atomic mass is 35.5. The first-order chi connectivity index (χ1) is 9.69. The average Bonchev–Trinajstić information content (AvgIpc) is 2.48. The maximum atomic E-state index is 10.4. The van der Waals surface area contributed by atoms with Gasteiger partial charge in [-0.25, -0.2) is 0 Å². The maximum Gasteiger partial charge on any atom is 0.0916 e. The Labute approximate surface area is 135 Å². The van der Waals surface area contributed by atoms with Crippen molar-refractivity contribution in [2.45, 2.75) is 32.8 Å². The molecule has 1 aliphatic heterocycles. The summed E-state index contributed by atoms with van der Waals surface area (Å²) in [6.07, 6.45) is 2.14. The van der Waals surface area contributed by atoms with E-state index < -0.39 is 0 Å². The van der Waals surface area contributed by atoms with Crippen molar-refractivity contribution < 1.29 is 5.11 Å². The molecule has 120 valence electrons. The number of likely N-dealkylation sites (N-methyl/N-ethyl adjacent to an activating group) is 1. The van der Waals surface area contributed by atoms with Crippen LogP contribution in [0.15, 0.2) is 24.3 Å². The van der Waals surface area contributed by atoms with Crippen LogP contribution in [0.3, 0.4) is 0 Å². The number of hydrogen-bond donors (Lipinski definition) is 2. The minimum atomic E-state index is -0.378. The average molecular weight is 313 g/mol. The number of rotatable bonds is 6. The fraction of sp³-hybridized carbons (Fsp3) is 0.647. The third-order valence-electron chi connectivity index (χ3n) is 4.32. The van der Waals surface area contributed by atoms with Crippen LogP contribution < -0.4 is 5.32 Å². The summed E-state index contributed by atoms with van der Waals surface area (Å²) in [5.41, 5.74) is 2.27. The van der Waals surface area contributed by atoms with Crippen molar-refractivity contribution in [1.82, 2.24) is 10.2 Å². The van der Waals surface area contributed by atoms with E-state index in [4.69, 9.17) is 0 Å². The molecule has 0 spiro atoms. The Morgan fingerprint density at radius 3 is 2.43 bits per heavy atom. The number of aliphatic hydroxyl groups excluding tert-OH is 1. The van der Waals surface area contributed by atoms with Gasteiger partial charge in [0.15, 0.2) is 0 Å². The quantitative estimate of drug-likeness (QED) is 0.848. The monoisotopic (exact) mass is 312 g/mol. The molecule has 1 aromatic rings. The van der Waals surface area contributed by atoms with Gasteiger partial charge in [-0.15, -0.1) is 12.4 Å². The Kier molecular flexibility index (Phi) is 8.27. The number of nitrogens with one attached hydrogen (secondary N) is 1. The van der Waals surface area contributed by atoms with Crippen molar-refractivity contribution in [3.63, 3.8) is 0 Å².